The SMILES string of the molecule is CCOC(=O)C=Cc1ccc(N2C(=O)N(C3CCOCC3)N=C(C3CCCCC3)c3ccc(C)cc32)cc1. The quantitative estimate of drug-likeness (QED) is 0.321. The van der Waals surface area contributed by atoms with Gasteiger partial charge in [0.15, 0.2) is 0 Å². The Balaban J connectivity index is 1.57. The predicted octanol–water partition coefficient (Wildman–Crippen LogP) is 6.61. The van der Waals surface area contributed by atoms with Gasteiger partial charge in [-0.3, -0.25) is 4.90 Å². The number of fused-ring (bicyclic) bond motifs is 1. The zero-order chi connectivity index (χ0) is 26.5. The van der Waals surface area contributed by atoms with E-state index in [1.165, 1.54) is 25.3 Å². The zero-order valence-electron chi connectivity index (χ0n) is 22.4. The Morgan fingerprint density at radius 2 is 1.79 bits per heavy atom. The van der Waals surface area contributed by atoms with E-state index in [0.717, 1.165) is 59.5 Å². The number of hydrogen-bond donors (Lipinski definition) is 0. The highest BCUT2D eigenvalue weighted by Crippen LogP contribution is 2.39. The number of nitrogens with zero attached hydrogens (tertiary/aromatic N) is 3. The number of carbonyl (C=O) groups is 2. The van der Waals surface area contributed by atoms with Gasteiger partial charge < -0.3 is 9.47 Å². The van der Waals surface area contributed by atoms with E-state index >= 15 is 0 Å². The van der Waals surface area contributed by atoms with Crippen LogP contribution in [-0.4, -0.2) is 48.6 Å². The molecule has 2 aromatic rings. The third-order valence-electron chi connectivity index (χ3n) is 7.65. The molecule has 0 atom stereocenters. The normalized spacial score (nSPS) is 19.3. The number of hydrogen-bond acceptors (Lipinski definition) is 5. The van der Waals surface area contributed by atoms with Crippen LogP contribution in [0.2, 0.25) is 0 Å². The first-order valence-corrected chi connectivity index (χ1v) is 13.9. The molecule has 2 heterocycles. The Hall–Kier alpha value is -3.45. The fraction of sp³-hybridized carbons (Fsp3) is 0.452. The molecule has 2 amide bonds. The van der Waals surface area contributed by atoms with Crippen LogP contribution in [0, 0.1) is 12.8 Å². The fourth-order valence-corrected chi connectivity index (χ4v) is 5.65. The highest BCUT2D eigenvalue weighted by molar-refractivity contribution is 6.14. The summed E-state index contributed by atoms with van der Waals surface area (Å²) in [6.07, 6.45) is 10.5. The molecule has 3 aliphatic rings. The minimum atomic E-state index is -0.372. The Morgan fingerprint density at radius 3 is 2.50 bits per heavy atom. The molecule has 38 heavy (non-hydrogen) atoms. The lowest BCUT2D eigenvalue weighted by Crippen LogP contribution is -2.45. The topological polar surface area (TPSA) is 71.4 Å². The molecule has 7 nitrogen and oxygen atoms in total. The lowest BCUT2D eigenvalue weighted by Gasteiger charge is -2.33. The second kappa shape index (κ2) is 11.9. The van der Waals surface area contributed by atoms with Crippen molar-refractivity contribution in [3.05, 3.63) is 65.2 Å². The van der Waals surface area contributed by atoms with Crippen LogP contribution in [0.3, 0.4) is 0 Å². The summed E-state index contributed by atoms with van der Waals surface area (Å²) in [6.45, 7) is 5.45. The largest absolute Gasteiger partial charge is 0.463 e. The van der Waals surface area contributed by atoms with Gasteiger partial charge in [-0.1, -0.05) is 43.5 Å². The first-order chi connectivity index (χ1) is 18.5. The molecule has 2 aliphatic heterocycles. The van der Waals surface area contributed by atoms with Crippen LogP contribution in [0.15, 0.2) is 53.6 Å². The van der Waals surface area contributed by atoms with Crippen LogP contribution >= 0.6 is 0 Å². The molecule has 2 fully saturated rings. The number of esters is 1. The first kappa shape index (κ1) is 26.2. The van der Waals surface area contributed by atoms with Crippen LogP contribution in [0.4, 0.5) is 16.2 Å². The smallest absolute Gasteiger partial charge is 0.349 e. The van der Waals surface area contributed by atoms with Crippen molar-refractivity contribution in [1.29, 1.82) is 0 Å². The van der Waals surface area contributed by atoms with Crippen LogP contribution < -0.4 is 4.90 Å². The number of ether oxygens (including phenoxy) is 2. The number of aryl methyl sites for hydroxylation is 1. The average Bonchev–Trinajstić information content (AvgIpc) is 3.07. The Labute approximate surface area is 225 Å². The van der Waals surface area contributed by atoms with E-state index in [9.17, 15) is 9.59 Å². The molecule has 1 saturated carbocycles. The van der Waals surface area contributed by atoms with Crippen molar-refractivity contribution in [3.8, 4) is 0 Å². The van der Waals surface area contributed by atoms with E-state index in [1.807, 2.05) is 29.2 Å². The van der Waals surface area contributed by atoms with Crippen LogP contribution in [-0.2, 0) is 14.3 Å². The van der Waals surface area contributed by atoms with Crippen molar-refractivity contribution in [3.63, 3.8) is 0 Å². The van der Waals surface area contributed by atoms with Crippen molar-refractivity contribution in [2.45, 2.75) is 64.8 Å². The molecule has 7 heteroatoms. The molecule has 0 spiro atoms. The van der Waals surface area contributed by atoms with Gasteiger partial charge in [0.05, 0.1) is 29.7 Å². The summed E-state index contributed by atoms with van der Waals surface area (Å²) in [5.74, 6) is -0.0288. The van der Waals surface area contributed by atoms with Gasteiger partial charge >= 0.3 is 12.0 Å². The molecule has 5 rings (SSSR count). The second-order valence-electron chi connectivity index (χ2n) is 10.3. The maximum absolute atomic E-state index is 14.3. The standard InChI is InChI=1S/C31H37N3O4/c1-3-38-29(35)16-12-23-10-13-25(14-11-23)33-28-21-22(2)9-15-27(28)30(24-7-5-4-6-8-24)32-34(31(33)36)26-17-19-37-20-18-26/h9-16,21,24,26H,3-8,17-20H2,1-2H3. The number of benzene rings is 2. The van der Waals surface area contributed by atoms with Crippen LogP contribution in [0.1, 0.15) is 68.6 Å². The Kier molecular flexibility index (Phi) is 8.23. The van der Waals surface area contributed by atoms with Gasteiger partial charge in [0.25, 0.3) is 0 Å². The summed E-state index contributed by atoms with van der Waals surface area (Å²) >= 11 is 0. The van der Waals surface area contributed by atoms with Gasteiger partial charge in [-0.25, -0.2) is 14.6 Å². The monoisotopic (exact) mass is 515 g/mol. The molecule has 0 bridgehead atoms. The van der Waals surface area contributed by atoms with Gasteiger partial charge in [0.2, 0.25) is 0 Å². The molecule has 0 radical (unpaired) electrons. The van der Waals surface area contributed by atoms with E-state index in [2.05, 4.69) is 25.1 Å². The maximum Gasteiger partial charge on any atom is 0.349 e. The van der Waals surface area contributed by atoms with Crippen LogP contribution in [0.25, 0.3) is 6.08 Å². The Morgan fingerprint density at radius 1 is 1.05 bits per heavy atom. The predicted molar refractivity (Wildman–Crippen MR) is 150 cm³/mol. The molecule has 0 unspecified atom stereocenters. The van der Waals surface area contributed by atoms with E-state index in [-0.39, 0.29) is 18.0 Å². The molecular formula is C31H37N3O4. The number of amides is 2. The van der Waals surface area contributed by atoms with E-state index < -0.39 is 0 Å². The summed E-state index contributed by atoms with van der Waals surface area (Å²) < 4.78 is 10.6. The van der Waals surface area contributed by atoms with Gasteiger partial charge in [-0.05, 0) is 74.9 Å². The summed E-state index contributed by atoms with van der Waals surface area (Å²) in [6, 6.07) is 13.9. The van der Waals surface area contributed by atoms with Gasteiger partial charge in [-0.2, -0.15) is 5.10 Å². The molecule has 2 aromatic carbocycles. The highest BCUT2D eigenvalue weighted by atomic mass is 16.5. The van der Waals surface area contributed by atoms with Crippen molar-refractivity contribution in [2.24, 2.45) is 11.0 Å². The molecule has 1 saturated heterocycles. The minimum Gasteiger partial charge on any atom is -0.463 e. The lowest BCUT2D eigenvalue weighted by molar-refractivity contribution is -0.137. The number of rotatable bonds is 6. The Bertz CT molecular complexity index is 1210. The highest BCUT2D eigenvalue weighted by Gasteiger charge is 2.37. The summed E-state index contributed by atoms with van der Waals surface area (Å²) in [4.78, 5) is 27.9. The number of carbonyl (C=O) groups excluding carboxylic acids is 2. The number of anilines is 2. The summed E-state index contributed by atoms with van der Waals surface area (Å²) in [5, 5.41) is 6.92. The van der Waals surface area contributed by atoms with Gasteiger partial charge in [0, 0.05) is 30.8 Å². The molecular weight excluding hydrogens is 478 g/mol. The second-order valence-corrected chi connectivity index (χ2v) is 10.3. The molecule has 1 aliphatic carbocycles. The van der Waals surface area contributed by atoms with E-state index in [1.54, 1.807) is 18.0 Å². The number of hydrazone groups is 1. The molecule has 200 valence electrons. The summed E-state index contributed by atoms with van der Waals surface area (Å²) in [7, 11) is 0. The van der Waals surface area contributed by atoms with Crippen molar-refractivity contribution >= 4 is 35.2 Å². The fourth-order valence-electron chi connectivity index (χ4n) is 5.65. The average molecular weight is 516 g/mol. The maximum atomic E-state index is 14.3. The van der Waals surface area contributed by atoms with Crippen LogP contribution in [0.5, 0.6) is 0 Å². The van der Waals surface area contributed by atoms with Crippen molar-refractivity contribution in [1.82, 2.24) is 5.01 Å². The lowest BCUT2D eigenvalue weighted by atomic mass is 9.82. The minimum absolute atomic E-state index is 0.000431. The molecule has 0 aromatic heterocycles. The number of urea groups is 1. The van der Waals surface area contributed by atoms with Crippen molar-refractivity contribution in [2.75, 3.05) is 24.7 Å². The van der Waals surface area contributed by atoms with E-state index in [0.29, 0.717) is 25.7 Å². The third kappa shape index (κ3) is 5.68. The molecule has 0 N–H and O–H groups in total. The zero-order valence-corrected chi connectivity index (χ0v) is 22.4. The van der Waals surface area contributed by atoms with Gasteiger partial charge in [-0.15, -0.1) is 0 Å². The van der Waals surface area contributed by atoms with Gasteiger partial charge in [0.1, 0.15) is 0 Å². The first-order valence-electron chi connectivity index (χ1n) is 13.9. The summed E-state index contributed by atoms with van der Waals surface area (Å²) in [5.41, 5.74) is 5.68. The third-order valence-corrected chi connectivity index (χ3v) is 7.65. The van der Waals surface area contributed by atoms with Crippen molar-refractivity contribution < 1.29 is 19.1 Å². The van der Waals surface area contributed by atoms with E-state index in [4.69, 9.17) is 14.6 Å².